The van der Waals surface area contributed by atoms with Crippen molar-refractivity contribution in [1.82, 2.24) is 9.38 Å². The van der Waals surface area contributed by atoms with E-state index < -0.39 is 0 Å². The molecule has 3 aromatic rings. The zero-order valence-corrected chi connectivity index (χ0v) is 14.8. The normalized spacial score (nSPS) is 10.7. The molecule has 0 fully saturated rings. The van der Waals surface area contributed by atoms with E-state index in [0.29, 0.717) is 22.2 Å². The molecule has 0 spiro atoms. The van der Waals surface area contributed by atoms with Gasteiger partial charge in [-0.2, -0.15) is 0 Å². The number of carbonyl (C=O) groups excluding carboxylic acids is 1. The summed E-state index contributed by atoms with van der Waals surface area (Å²) < 4.78 is 11.8. The first-order valence-electron chi connectivity index (χ1n) is 7.50. The number of carbonyl (C=O) groups is 1. The Morgan fingerprint density at radius 3 is 2.76 bits per heavy atom. The topological polar surface area (TPSA) is 81.9 Å². The fraction of sp³-hybridized carbons (Fsp3) is 0.235. The van der Waals surface area contributed by atoms with E-state index in [2.05, 4.69) is 10.3 Å². The van der Waals surface area contributed by atoms with Gasteiger partial charge < -0.3 is 14.8 Å². The Bertz CT molecular complexity index is 993. The Morgan fingerprint density at radius 2 is 2.04 bits per heavy atom. The number of hydrogen-bond acceptors (Lipinski definition) is 6. The number of fused-ring (bicyclic) bond motifs is 1. The number of nitrogens with zero attached hydrogens (tertiary/aromatic N) is 2. The number of rotatable bonds is 5. The number of nitrogens with one attached hydrogen (secondary N) is 1. The molecule has 7 nitrogen and oxygen atoms in total. The minimum atomic E-state index is -0.301. The Morgan fingerprint density at radius 1 is 1.28 bits per heavy atom. The van der Waals surface area contributed by atoms with Gasteiger partial charge in [0.2, 0.25) is 5.91 Å². The molecule has 0 bridgehead atoms. The standard InChI is InChI=1S/C17H17N3O4S/c1-10-15(16(22)20-6-7-25-17(20)18-10)19-14(21)9-11-4-5-12(23-2)13(8-11)24-3/h4-8H,9H2,1-3H3,(H,19,21). The SMILES string of the molecule is COc1ccc(CC(=O)Nc2c(C)nc3sccn3c2=O)cc1OC. The molecule has 0 aliphatic rings. The quantitative estimate of drug-likeness (QED) is 0.756. The monoisotopic (exact) mass is 359 g/mol. The van der Waals surface area contributed by atoms with Gasteiger partial charge in [0.1, 0.15) is 5.69 Å². The van der Waals surface area contributed by atoms with Crippen LogP contribution in [0, 0.1) is 6.92 Å². The van der Waals surface area contributed by atoms with Crippen LogP contribution in [0.4, 0.5) is 5.69 Å². The molecule has 25 heavy (non-hydrogen) atoms. The number of anilines is 1. The van der Waals surface area contributed by atoms with Crippen molar-refractivity contribution in [1.29, 1.82) is 0 Å². The zero-order chi connectivity index (χ0) is 18.0. The molecular weight excluding hydrogens is 342 g/mol. The van der Waals surface area contributed by atoms with E-state index >= 15 is 0 Å². The Labute approximate surface area is 147 Å². The van der Waals surface area contributed by atoms with Crippen molar-refractivity contribution >= 4 is 27.9 Å². The Hall–Kier alpha value is -2.87. The van der Waals surface area contributed by atoms with Crippen LogP contribution in [0.3, 0.4) is 0 Å². The molecule has 0 saturated carbocycles. The van der Waals surface area contributed by atoms with E-state index in [1.807, 2.05) is 0 Å². The minimum Gasteiger partial charge on any atom is -0.493 e. The van der Waals surface area contributed by atoms with E-state index in [1.165, 1.54) is 22.8 Å². The third kappa shape index (κ3) is 3.34. The van der Waals surface area contributed by atoms with Gasteiger partial charge in [-0.15, -0.1) is 11.3 Å². The fourth-order valence-corrected chi connectivity index (χ4v) is 3.24. The first kappa shape index (κ1) is 17.0. The molecule has 130 valence electrons. The van der Waals surface area contributed by atoms with Crippen molar-refractivity contribution in [2.75, 3.05) is 19.5 Å². The van der Waals surface area contributed by atoms with E-state index in [9.17, 15) is 9.59 Å². The highest BCUT2D eigenvalue weighted by Gasteiger charge is 2.14. The largest absolute Gasteiger partial charge is 0.493 e. The first-order chi connectivity index (χ1) is 12.0. The summed E-state index contributed by atoms with van der Waals surface area (Å²) in [5.74, 6) is 0.836. The lowest BCUT2D eigenvalue weighted by Gasteiger charge is -2.10. The summed E-state index contributed by atoms with van der Waals surface area (Å²) in [6.45, 7) is 1.70. The second-order valence-corrected chi connectivity index (χ2v) is 6.22. The number of aryl methyl sites for hydroxylation is 1. The molecule has 1 N–H and O–H groups in total. The highest BCUT2D eigenvalue weighted by Crippen LogP contribution is 2.27. The lowest BCUT2D eigenvalue weighted by atomic mass is 10.1. The molecule has 2 heterocycles. The van der Waals surface area contributed by atoms with Gasteiger partial charge >= 0.3 is 0 Å². The van der Waals surface area contributed by atoms with Crippen LogP contribution in [0.5, 0.6) is 11.5 Å². The number of benzene rings is 1. The van der Waals surface area contributed by atoms with Crippen LogP contribution in [0.2, 0.25) is 0 Å². The molecule has 0 atom stereocenters. The lowest BCUT2D eigenvalue weighted by Crippen LogP contribution is -2.25. The maximum Gasteiger partial charge on any atom is 0.282 e. The van der Waals surface area contributed by atoms with Crippen molar-refractivity contribution in [2.24, 2.45) is 0 Å². The summed E-state index contributed by atoms with van der Waals surface area (Å²) in [7, 11) is 3.09. The molecule has 8 heteroatoms. The van der Waals surface area contributed by atoms with Crippen molar-refractivity contribution in [3.63, 3.8) is 0 Å². The number of methoxy groups -OCH3 is 2. The van der Waals surface area contributed by atoms with Crippen LogP contribution in [0.15, 0.2) is 34.6 Å². The third-order valence-electron chi connectivity index (χ3n) is 3.72. The second kappa shape index (κ2) is 6.94. The van der Waals surface area contributed by atoms with Crippen LogP contribution in [-0.4, -0.2) is 29.5 Å². The van der Waals surface area contributed by atoms with Gasteiger partial charge in [-0.05, 0) is 24.6 Å². The Balaban J connectivity index is 1.83. The van der Waals surface area contributed by atoms with Crippen LogP contribution in [-0.2, 0) is 11.2 Å². The highest BCUT2D eigenvalue weighted by molar-refractivity contribution is 7.15. The summed E-state index contributed by atoms with van der Waals surface area (Å²) in [5.41, 5.74) is 1.15. The molecule has 0 aliphatic heterocycles. The summed E-state index contributed by atoms with van der Waals surface area (Å²) in [6.07, 6.45) is 1.74. The molecule has 0 saturated heterocycles. The predicted octanol–water partition coefficient (Wildman–Crippen LogP) is 2.26. The van der Waals surface area contributed by atoms with Crippen LogP contribution >= 0.6 is 11.3 Å². The molecule has 3 rings (SSSR count). The van der Waals surface area contributed by atoms with Gasteiger partial charge in [0.15, 0.2) is 16.5 Å². The number of hydrogen-bond donors (Lipinski definition) is 1. The molecule has 1 amide bonds. The summed E-state index contributed by atoms with van der Waals surface area (Å²) >= 11 is 1.37. The van der Waals surface area contributed by atoms with Crippen molar-refractivity contribution in [3.8, 4) is 11.5 Å². The van der Waals surface area contributed by atoms with E-state index in [1.54, 1.807) is 43.8 Å². The summed E-state index contributed by atoms with van der Waals surface area (Å²) in [4.78, 5) is 29.8. The second-order valence-electron chi connectivity index (χ2n) is 5.35. The average molecular weight is 359 g/mol. The maximum atomic E-state index is 12.5. The molecule has 0 unspecified atom stereocenters. The average Bonchev–Trinajstić information content (AvgIpc) is 3.06. The fourth-order valence-electron chi connectivity index (χ4n) is 2.49. The minimum absolute atomic E-state index is 0.103. The Kier molecular flexibility index (Phi) is 4.71. The molecule has 2 aromatic heterocycles. The van der Waals surface area contributed by atoms with Gasteiger partial charge in [-0.3, -0.25) is 14.0 Å². The maximum absolute atomic E-state index is 12.5. The van der Waals surface area contributed by atoms with Crippen LogP contribution < -0.4 is 20.3 Å². The van der Waals surface area contributed by atoms with E-state index in [4.69, 9.17) is 9.47 Å². The molecule has 0 aliphatic carbocycles. The molecule has 0 radical (unpaired) electrons. The molecule has 1 aromatic carbocycles. The van der Waals surface area contributed by atoms with Crippen molar-refractivity contribution in [2.45, 2.75) is 13.3 Å². The van der Waals surface area contributed by atoms with Gasteiger partial charge in [0, 0.05) is 11.6 Å². The lowest BCUT2D eigenvalue weighted by molar-refractivity contribution is -0.115. The van der Waals surface area contributed by atoms with E-state index in [-0.39, 0.29) is 23.6 Å². The van der Waals surface area contributed by atoms with Gasteiger partial charge in [0.25, 0.3) is 5.56 Å². The number of thiazole rings is 1. The number of aromatic nitrogens is 2. The van der Waals surface area contributed by atoms with Gasteiger partial charge in [-0.25, -0.2) is 4.98 Å². The van der Waals surface area contributed by atoms with E-state index in [0.717, 1.165) is 5.56 Å². The summed E-state index contributed by atoms with van der Waals surface area (Å²) in [6, 6.07) is 5.25. The number of ether oxygens (including phenoxy) is 2. The third-order valence-corrected chi connectivity index (χ3v) is 4.48. The van der Waals surface area contributed by atoms with Gasteiger partial charge in [-0.1, -0.05) is 6.07 Å². The van der Waals surface area contributed by atoms with Gasteiger partial charge in [0.05, 0.1) is 26.3 Å². The van der Waals surface area contributed by atoms with Crippen molar-refractivity contribution < 1.29 is 14.3 Å². The number of amides is 1. The van der Waals surface area contributed by atoms with Crippen LogP contribution in [0.1, 0.15) is 11.3 Å². The summed E-state index contributed by atoms with van der Waals surface area (Å²) in [5, 5.41) is 4.45. The first-order valence-corrected chi connectivity index (χ1v) is 8.38. The van der Waals surface area contributed by atoms with Crippen molar-refractivity contribution in [3.05, 3.63) is 51.4 Å². The predicted molar refractivity (Wildman–Crippen MR) is 96.0 cm³/mol. The molecular formula is C17H17N3O4S. The zero-order valence-electron chi connectivity index (χ0n) is 14.0. The van der Waals surface area contributed by atoms with Crippen LogP contribution in [0.25, 0.3) is 4.96 Å². The smallest absolute Gasteiger partial charge is 0.282 e. The highest BCUT2D eigenvalue weighted by atomic mass is 32.1.